The number of carbonyl (C=O) groups is 1. The Morgan fingerprint density at radius 2 is 1.85 bits per heavy atom. The predicted octanol–water partition coefficient (Wildman–Crippen LogP) is 3.76. The van der Waals surface area contributed by atoms with E-state index < -0.39 is 17.5 Å². The molecule has 2 aromatic rings. The molecule has 4 heteroatoms. The van der Waals surface area contributed by atoms with Gasteiger partial charge in [-0.15, -0.1) is 0 Å². The molecule has 0 saturated carbocycles. The number of aryl methyl sites for hydroxylation is 1. The first kappa shape index (κ1) is 14.2. The Hall–Kier alpha value is -2.23. The molecule has 0 heterocycles. The van der Waals surface area contributed by atoms with Gasteiger partial charge in [-0.05, 0) is 43.2 Å². The van der Waals surface area contributed by atoms with Gasteiger partial charge in [0.25, 0.3) is 5.91 Å². The highest BCUT2D eigenvalue weighted by atomic mass is 19.1. The summed E-state index contributed by atoms with van der Waals surface area (Å²) in [5.41, 5.74) is 1.68. The number of halogens is 2. The lowest BCUT2D eigenvalue weighted by atomic mass is 10.0. The van der Waals surface area contributed by atoms with Crippen LogP contribution in [0.15, 0.2) is 42.5 Å². The third kappa shape index (κ3) is 3.02. The molecular formula is C16H15F2NO. The van der Waals surface area contributed by atoms with Gasteiger partial charge in [-0.2, -0.15) is 0 Å². The highest BCUT2D eigenvalue weighted by Crippen LogP contribution is 2.18. The molecule has 0 aromatic heterocycles. The Balaban J connectivity index is 2.20. The standard InChI is InChI=1S/C16H15F2NO/c1-10-5-3-4-6-13(10)11(2)19-16(20)14-9-12(17)7-8-15(14)18/h3-9,11H,1-2H3,(H,19,20). The number of rotatable bonds is 3. The van der Waals surface area contributed by atoms with Crippen LogP contribution in [-0.2, 0) is 0 Å². The number of amides is 1. The molecule has 1 atom stereocenters. The Labute approximate surface area is 116 Å². The van der Waals surface area contributed by atoms with Gasteiger partial charge in [0.2, 0.25) is 0 Å². The molecule has 0 fully saturated rings. The van der Waals surface area contributed by atoms with Gasteiger partial charge in [0.1, 0.15) is 11.6 Å². The monoisotopic (exact) mass is 275 g/mol. The van der Waals surface area contributed by atoms with E-state index in [1.54, 1.807) is 6.92 Å². The zero-order valence-electron chi connectivity index (χ0n) is 11.3. The van der Waals surface area contributed by atoms with E-state index in [0.29, 0.717) is 0 Å². The van der Waals surface area contributed by atoms with Crippen molar-refractivity contribution < 1.29 is 13.6 Å². The minimum atomic E-state index is -0.735. The van der Waals surface area contributed by atoms with Gasteiger partial charge < -0.3 is 5.32 Å². The molecule has 104 valence electrons. The Kier molecular flexibility index (Phi) is 4.13. The van der Waals surface area contributed by atoms with Crippen LogP contribution in [0.3, 0.4) is 0 Å². The topological polar surface area (TPSA) is 29.1 Å². The smallest absolute Gasteiger partial charge is 0.254 e. The first-order valence-electron chi connectivity index (χ1n) is 6.30. The normalized spacial score (nSPS) is 12.0. The van der Waals surface area contributed by atoms with Crippen molar-refractivity contribution in [2.45, 2.75) is 19.9 Å². The van der Waals surface area contributed by atoms with Crippen molar-refractivity contribution >= 4 is 5.91 Å². The molecule has 2 rings (SSSR count). The molecule has 20 heavy (non-hydrogen) atoms. The first-order valence-corrected chi connectivity index (χ1v) is 6.30. The van der Waals surface area contributed by atoms with E-state index in [9.17, 15) is 13.6 Å². The third-order valence-corrected chi connectivity index (χ3v) is 3.18. The molecule has 0 aliphatic rings. The SMILES string of the molecule is Cc1ccccc1C(C)NC(=O)c1cc(F)ccc1F. The summed E-state index contributed by atoms with van der Waals surface area (Å²) in [6.45, 7) is 3.73. The van der Waals surface area contributed by atoms with Gasteiger partial charge >= 0.3 is 0 Å². The Morgan fingerprint density at radius 1 is 1.15 bits per heavy atom. The van der Waals surface area contributed by atoms with Crippen molar-refractivity contribution in [3.8, 4) is 0 Å². The van der Waals surface area contributed by atoms with E-state index in [4.69, 9.17) is 0 Å². The molecule has 0 saturated heterocycles. The van der Waals surface area contributed by atoms with Crippen LogP contribution in [0.1, 0.15) is 34.5 Å². The fraction of sp³-hybridized carbons (Fsp3) is 0.188. The van der Waals surface area contributed by atoms with Crippen LogP contribution in [-0.4, -0.2) is 5.91 Å². The predicted molar refractivity (Wildman–Crippen MR) is 73.4 cm³/mol. The average molecular weight is 275 g/mol. The summed E-state index contributed by atoms with van der Waals surface area (Å²) in [5.74, 6) is -2.00. The second-order valence-electron chi connectivity index (χ2n) is 4.68. The van der Waals surface area contributed by atoms with Gasteiger partial charge in [-0.3, -0.25) is 4.79 Å². The first-order chi connectivity index (χ1) is 9.49. The van der Waals surface area contributed by atoms with Crippen LogP contribution in [0.4, 0.5) is 8.78 Å². The van der Waals surface area contributed by atoms with E-state index in [1.807, 2.05) is 31.2 Å². The van der Waals surface area contributed by atoms with E-state index in [2.05, 4.69) is 5.32 Å². The van der Waals surface area contributed by atoms with E-state index >= 15 is 0 Å². The fourth-order valence-electron chi connectivity index (χ4n) is 2.10. The van der Waals surface area contributed by atoms with Crippen LogP contribution in [0, 0.1) is 18.6 Å². The van der Waals surface area contributed by atoms with Crippen LogP contribution >= 0.6 is 0 Å². The summed E-state index contributed by atoms with van der Waals surface area (Å²) in [5, 5.41) is 2.68. The van der Waals surface area contributed by atoms with Crippen molar-refractivity contribution in [2.24, 2.45) is 0 Å². The zero-order chi connectivity index (χ0) is 14.7. The summed E-state index contributed by atoms with van der Waals surface area (Å²) in [6.07, 6.45) is 0. The van der Waals surface area contributed by atoms with Gasteiger partial charge in [0.05, 0.1) is 11.6 Å². The maximum absolute atomic E-state index is 13.5. The highest BCUT2D eigenvalue weighted by molar-refractivity contribution is 5.94. The molecule has 1 unspecified atom stereocenters. The van der Waals surface area contributed by atoms with Crippen molar-refractivity contribution in [2.75, 3.05) is 0 Å². The number of hydrogen-bond acceptors (Lipinski definition) is 1. The van der Waals surface area contributed by atoms with E-state index in [1.165, 1.54) is 0 Å². The molecule has 2 aromatic carbocycles. The summed E-state index contributed by atoms with van der Waals surface area (Å²) in [7, 11) is 0. The van der Waals surface area contributed by atoms with E-state index in [0.717, 1.165) is 29.3 Å². The maximum Gasteiger partial charge on any atom is 0.254 e. The van der Waals surface area contributed by atoms with Crippen LogP contribution < -0.4 is 5.32 Å². The van der Waals surface area contributed by atoms with Crippen LogP contribution in [0.2, 0.25) is 0 Å². The summed E-state index contributed by atoms with van der Waals surface area (Å²) in [6, 6.07) is 10.1. The maximum atomic E-state index is 13.5. The lowest BCUT2D eigenvalue weighted by Gasteiger charge is -2.16. The molecule has 1 N–H and O–H groups in total. The van der Waals surface area contributed by atoms with Crippen molar-refractivity contribution in [3.63, 3.8) is 0 Å². The molecule has 0 aliphatic carbocycles. The van der Waals surface area contributed by atoms with Gasteiger partial charge in [-0.25, -0.2) is 8.78 Å². The van der Waals surface area contributed by atoms with Gasteiger partial charge in [0, 0.05) is 0 Å². The van der Waals surface area contributed by atoms with Crippen LogP contribution in [0.5, 0.6) is 0 Å². The molecule has 2 nitrogen and oxygen atoms in total. The summed E-state index contributed by atoms with van der Waals surface area (Å²) in [4.78, 5) is 12.0. The van der Waals surface area contributed by atoms with E-state index in [-0.39, 0.29) is 11.6 Å². The second-order valence-corrected chi connectivity index (χ2v) is 4.68. The molecule has 0 aliphatic heterocycles. The lowest BCUT2D eigenvalue weighted by molar-refractivity contribution is 0.0935. The van der Waals surface area contributed by atoms with Crippen molar-refractivity contribution in [1.82, 2.24) is 5.32 Å². The minimum Gasteiger partial charge on any atom is -0.345 e. The summed E-state index contributed by atoms with van der Waals surface area (Å²) >= 11 is 0. The molecule has 0 bridgehead atoms. The largest absolute Gasteiger partial charge is 0.345 e. The van der Waals surface area contributed by atoms with Gasteiger partial charge in [-0.1, -0.05) is 24.3 Å². The second kappa shape index (κ2) is 5.82. The lowest BCUT2D eigenvalue weighted by Crippen LogP contribution is -2.28. The molecular weight excluding hydrogens is 260 g/mol. The highest BCUT2D eigenvalue weighted by Gasteiger charge is 2.16. The Morgan fingerprint density at radius 3 is 2.55 bits per heavy atom. The summed E-state index contributed by atoms with van der Waals surface area (Å²) < 4.78 is 26.6. The van der Waals surface area contributed by atoms with Gasteiger partial charge in [0.15, 0.2) is 0 Å². The number of hydrogen-bond donors (Lipinski definition) is 1. The fourth-order valence-corrected chi connectivity index (χ4v) is 2.10. The molecule has 1 amide bonds. The number of nitrogens with one attached hydrogen (secondary N) is 1. The molecule has 0 radical (unpaired) electrons. The third-order valence-electron chi connectivity index (χ3n) is 3.18. The minimum absolute atomic E-state index is 0.286. The van der Waals surface area contributed by atoms with Crippen molar-refractivity contribution in [1.29, 1.82) is 0 Å². The Bertz CT molecular complexity index is 640. The number of carbonyl (C=O) groups excluding carboxylic acids is 1. The zero-order valence-corrected chi connectivity index (χ0v) is 11.3. The van der Waals surface area contributed by atoms with Crippen LogP contribution in [0.25, 0.3) is 0 Å². The number of benzene rings is 2. The van der Waals surface area contributed by atoms with Crippen molar-refractivity contribution in [3.05, 3.63) is 70.8 Å². The molecule has 0 spiro atoms. The quantitative estimate of drug-likeness (QED) is 0.907. The average Bonchev–Trinajstić information content (AvgIpc) is 2.41.